The van der Waals surface area contributed by atoms with Gasteiger partial charge in [-0.2, -0.15) is 5.10 Å². The number of ether oxygens (including phenoxy) is 1. The first kappa shape index (κ1) is 22.2. The molecule has 8 nitrogen and oxygen atoms in total. The number of nitrogens with one attached hydrogen (secondary N) is 2. The van der Waals surface area contributed by atoms with Gasteiger partial charge in [-0.05, 0) is 72.1 Å². The van der Waals surface area contributed by atoms with Crippen LogP contribution >= 0.6 is 0 Å². The fourth-order valence-electron chi connectivity index (χ4n) is 2.71. The monoisotopic (exact) mass is 430 g/mol. The van der Waals surface area contributed by atoms with E-state index in [1.165, 1.54) is 36.0 Å². The van der Waals surface area contributed by atoms with Crippen molar-refractivity contribution in [3.63, 3.8) is 0 Å². The van der Waals surface area contributed by atoms with E-state index in [0.29, 0.717) is 23.6 Å². The molecule has 8 heteroatoms. The number of hydrogen-bond donors (Lipinski definition) is 3. The Morgan fingerprint density at radius 2 is 1.62 bits per heavy atom. The van der Waals surface area contributed by atoms with Crippen LogP contribution in [0.5, 0.6) is 5.75 Å². The molecule has 4 N–H and O–H groups in total. The van der Waals surface area contributed by atoms with Crippen molar-refractivity contribution >= 4 is 29.6 Å². The number of hydrazone groups is 1. The molecule has 0 radical (unpaired) electrons. The lowest BCUT2D eigenvalue weighted by atomic mass is 10.1. The summed E-state index contributed by atoms with van der Waals surface area (Å²) in [7, 11) is 0. The molecule has 3 aromatic carbocycles. The van der Waals surface area contributed by atoms with Crippen LogP contribution in [0.4, 0.5) is 5.69 Å². The molecular formula is C24H22N4O4. The number of carbonyl (C=O) groups is 3. The van der Waals surface area contributed by atoms with Crippen LogP contribution in [-0.4, -0.2) is 23.9 Å². The minimum Gasteiger partial charge on any atom is -0.489 e. The molecule has 3 rings (SSSR count). The van der Waals surface area contributed by atoms with E-state index < -0.39 is 17.7 Å². The van der Waals surface area contributed by atoms with Crippen LogP contribution in [-0.2, 0) is 16.2 Å². The van der Waals surface area contributed by atoms with Crippen LogP contribution in [0.25, 0.3) is 0 Å². The Hall–Kier alpha value is -4.46. The second-order valence-corrected chi connectivity index (χ2v) is 6.88. The van der Waals surface area contributed by atoms with Crippen molar-refractivity contribution in [2.24, 2.45) is 10.8 Å². The van der Waals surface area contributed by atoms with Crippen molar-refractivity contribution in [2.75, 3.05) is 5.32 Å². The molecule has 3 aromatic rings. The number of amides is 3. The van der Waals surface area contributed by atoms with Crippen LogP contribution in [0, 0.1) is 6.92 Å². The van der Waals surface area contributed by atoms with Crippen LogP contribution in [0.3, 0.4) is 0 Å². The normalized spacial score (nSPS) is 10.5. The Kier molecular flexibility index (Phi) is 7.32. The van der Waals surface area contributed by atoms with Gasteiger partial charge in [0.1, 0.15) is 12.4 Å². The summed E-state index contributed by atoms with van der Waals surface area (Å²) in [6, 6.07) is 21.0. The average Bonchev–Trinajstić information content (AvgIpc) is 2.79. The predicted molar refractivity (Wildman–Crippen MR) is 121 cm³/mol. The minimum absolute atomic E-state index is 0.295. The first-order valence-corrected chi connectivity index (χ1v) is 9.74. The third kappa shape index (κ3) is 6.27. The summed E-state index contributed by atoms with van der Waals surface area (Å²) in [6.07, 6.45) is 1.41. The summed E-state index contributed by atoms with van der Waals surface area (Å²) in [5.41, 5.74) is 11.0. The van der Waals surface area contributed by atoms with Gasteiger partial charge < -0.3 is 15.8 Å². The van der Waals surface area contributed by atoms with Crippen LogP contribution < -0.4 is 21.2 Å². The predicted octanol–water partition coefficient (Wildman–Crippen LogP) is 2.76. The molecule has 0 spiro atoms. The zero-order valence-electron chi connectivity index (χ0n) is 17.4. The number of aryl methyl sites for hydroxylation is 1. The van der Waals surface area contributed by atoms with Crippen molar-refractivity contribution in [1.29, 1.82) is 0 Å². The van der Waals surface area contributed by atoms with Crippen molar-refractivity contribution in [3.05, 3.63) is 95.1 Å². The summed E-state index contributed by atoms with van der Waals surface area (Å²) >= 11 is 0. The maximum Gasteiger partial charge on any atom is 0.329 e. The molecular weight excluding hydrogens is 408 g/mol. The lowest BCUT2D eigenvalue weighted by molar-refractivity contribution is -0.136. The molecule has 0 atom stereocenters. The van der Waals surface area contributed by atoms with Crippen LogP contribution in [0.15, 0.2) is 77.9 Å². The summed E-state index contributed by atoms with van der Waals surface area (Å²) in [6.45, 7) is 2.50. The maximum absolute atomic E-state index is 11.9. The van der Waals surface area contributed by atoms with Crippen molar-refractivity contribution in [3.8, 4) is 5.75 Å². The summed E-state index contributed by atoms with van der Waals surface area (Å²) in [5, 5.41) is 6.19. The van der Waals surface area contributed by atoms with E-state index in [-0.39, 0.29) is 0 Å². The highest BCUT2D eigenvalue weighted by atomic mass is 16.5. The van der Waals surface area contributed by atoms with Crippen molar-refractivity contribution < 1.29 is 19.1 Å². The van der Waals surface area contributed by atoms with Crippen molar-refractivity contribution in [2.45, 2.75) is 13.5 Å². The van der Waals surface area contributed by atoms with Gasteiger partial charge in [-0.3, -0.25) is 14.4 Å². The van der Waals surface area contributed by atoms with Crippen LogP contribution in [0.2, 0.25) is 0 Å². The Balaban J connectivity index is 1.47. The lowest BCUT2D eigenvalue weighted by Gasteiger charge is -2.08. The number of primary amides is 1. The van der Waals surface area contributed by atoms with Crippen molar-refractivity contribution in [1.82, 2.24) is 5.43 Å². The van der Waals surface area contributed by atoms with Gasteiger partial charge in [0, 0.05) is 11.3 Å². The summed E-state index contributed by atoms with van der Waals surface area (Å²) in [4.78, 5) is 34.9. The van der Waals surface area contributed by atoms with E-state index in [4.69, 9.17) is 10.5 Å². The molecule has 0 aliphatic carbocycles. The van der Waals surface area contributed by atoms with E-state index in [0.717, 1.165) is 11.1 Å². The number of hydrogen-bond acceptors (Lipinski definition) is 5. The molecule has 0 aliphatic heterocycles. The summed E-state index contributed by atoms with van der Waals surface area (Å²) < 4.78 is 5.79. The highest BCUT2D eigenvalue weighted by Crippen LogP contribution is 2.15. The average molecular weight is 430 g/mol. The Morgan fingerprint density at radius 3 is 2.28 bits per heavy atom. The third-order valence-corrected chi connectivity index (χ3v) is 4.55. The number of anilines is 1. The fourth-order valence-corrected chi connectivity index (χ4v) is 2.71. The lowest BCUT2D eigenvalue weighted by Crippen LogP contribution is -2.32. The first-order chi connectivity index (χ1) is 15.4. The highest BCUT2D eigenvalue weighted by molar-refractivity contribution is 6.39. The zero-order chi connectivity index (χ0) is 22.9. The minimum atomic E-state index is -0.932. The Labute approximate surface area is 185 Å². The van der Waals surface area contributed by atoms with Gasteiger partial charge in [-0.1, -0.05) is 24.3 Å². The zero-order valence-corrected chi connectivity index (χ0v) is 17.4. The molecule has 3 amide bonds. The van der Waals surface area contributed by atoms with Crippen LogP contribution in [0.1, 0.15) is 27.0 Å². The van der Waals surface area contributed by atoms with E-state index >= 15 is 0 Å². The second-order valence-electron chi connectivity index (χ2n) is 6.88. The number of rotatable bonds is 7. The number of benzene rings is 3. The molecule has 32 heavy (non-hydrogen) atoms. The van der Waals surface area contributed by atoms with E-state index in [9.17, 15) is 14.4 Å². The standard InChI is InChI=1S/C24H22N4O4/c1-16-4-2-3-5-19(16)15-32-21-12-6-17(7-13-21)14-26-28-24(31)23(30)27-20-10-8-18(9-11-20)22(25)29/h2-14H,15H2,1H3,(H2,25,29)(H,27,30)(H,28,31)/b26-14+. The number of nitrogens with two attached hydrogens (primary N) is 1. The quantitative estimate of drug-likeness (QED) is 0.303. The molecule has 162 valence electrons. The maximum atomic E-state index is 11.9. The number of nitrogens with zero attached hydrogens (tertiary/aromatic N) is 1. The smallest absolute Gasteiger partial charge is 0.329 e. The molecule has 0 heterocycles. The Morgan fingerprint density at radius 1 is 0.938 bits per heavy atom. The van der Waals surface area contributed by atoms with E-state index in [1.54, 1.807) is 24.3 Å². The summed E-state index contributed by atoms with van der Waals surface area (Å²) in [5.74, 6) is -1.70. The molecule has 0 fully saturated rings. The molecule has 0 saturated heterocycles. The first-order valence-electron chi connectivity index (χ1n) is 9.74. The van der Waals surface area contributed by atoms with Gasteiger partial charge in [0.25, 0.3) is 0 Å². The van der Waals surface area contributed by atoms with E-state index in [1.807, 2.05) is 31.2 Å². The molecule has 0 saturated carbocycles. The topological polar surface area (TPSA) is 123 Å². The van der Waals surface area contributed by atoms with Gasteiger partial charge in [-0.15, -0.1) is 0 Å². The highest BCUT2D eigenvalue weighted by Gasteiger charge is 2.13. The molecule has 0 aromatic heterocycles. The molecule has 0 aliphatic rings. The van der Waals surface area contributed by atoms with E-state index in [2.05, 4.69) is 15.8 Å². The van der Waals surface area contributed by atoms with Gasteiger partial charge in [0.15, 0.2) is 0 Å². The third-order valence-electron chi connectivity index (χ3n) is 4.55. The van der Waals surface area contributed by atoms with Gasteiger partial charge in [0.2, 0.25) is 5.91 Å². The molecule has 0 unspecified atom stereocenters. The molecule has 0 bridgehead atoms. The van der Waals surface area contributed by atoms with Gasteiger partial charge in [0.05, 0.1) is 6.21 Å². The largest absolute Gasteiger partial charge is 0.489 e. The van der Waals surface area contributed by atoms with Gasteiger partial charge in [-0.25, -0.2) is 5.43 Å². The SMILES string of the molecule is Cc1ccccc1COc1ccc(/C=N/NC(=O)C(=O)Nc2ccc(C(N)=O)cc2)cc1. The Bertz CT molecular complexity index is 1140. The number of carbonyl (C=O) groups excluding carboxylic acids is 3. The second kappa shape index (κ2) is 10.5. The fraction of sp³-hybridized carbons (Fsp3) is 0.0833. The van der Waals surface area contributed by atoms with Gasteiger partial charge >= 0.3 is 11.8 Å².